The first kappa shape index (κ1) is 18.0. The number of hydrogen-bond acceptors (Lipinski definition) is 3. The van der Waals surface area contributed by atoms with E-state index in [9.17, 15) is 9.90 Å². The van der Waals surface area contributed by atoms with E-state index >= 15 is 0 Å². The van der Waals surface area contributed by atoms with Gasteiger partial charge in [0.25, 0.3) is 0 Å². The average Bonchev–Trinajstić information content (AvgIpc) is 2.87. The maximum Gasteiger partial charge on any atom is 0.333 e. The van der Waals surface area contributed by atoms with Crippen LogP contribution < -0.4 is 11.0 Å². The molecular formula is C20H19Cl2N3O2. The molecule has 27 heavy (non-hydrogen) atoms. The minimum absolute atomic E-state index is 0.0230. The lowest BCUT2D eigenvalue weighted by Crippen LogP contribution is -2.27. The summed E-state index contributed by atoms with van der Waals surface area (Å²) in [5, 5.41) is 15.0. The molecular weight excluding hydrogens is 385 g/mol. The Morgan fingerprint density at radius 1 is 1.19 bits per heavy atom. The van der Waals surface area contributed by atoms with Crippen LogP contribution >= 0.6 is 23.2 Å². The van der Waals surface area contributed by atoms with Gasteiger partial charge < -0.3 is 15.4 Å². The van der Waals surface area contributed by atoms with Crippen LogP contribution in [0.5, 0.6) is 5.88 Å². The van der Waals surface area contributed by atoms with Crippen LogP contribution in [-0.4, -0.2) is 20.7 Å². The fourth-order valence-electron chi connectivity index (χ4n) is 3.85. The first-order valence-corrected chi connectivity index (χ1v) is 9.47. The number of para-hydroxylation sites is 1. The molecule has 3 aromatic rings. The average molecular weight is 404 g/mol. The van der Waals surface area contributed by atoms with Crippen LogP contribution in [0.3, 0.4) is 0 Å². The molecule has 1 aliphatic heterocycles. The van der Waals surface area contributed by atoms with Gasteiger partial charge in [-0.25, -0.2) is 9.36 Å². The van der Waals surface area contributed by atoms with Crippen LogP contribution in [0.25, 0.3) is 5.69 Å². The molecule has 0 fully saturated rings. The minimum Gasteiger partial charge on any atom is -0.493 e. The highest BCUT2D eigenvalue weighted by Crippen LogP contribution is 2.45. The van der Waals surface area contributed by atoms with Gasteiger partial charge in [-0.15, -0.1) is 0 Å². The predicted octanol–water partition coefficient (Wildman–Crippen LogP) is 4.82. The molecule has 0 spiro atoms. The number of fused-ring (bicyclic) bond motifs is 1. The Hall–Kier alpha value is -2.37. The quantitative estimate of drug-likeness (QED) is 0.574. The van der Waals surface area contributed by atoms with E-state index in [1.54, 1.807) is 13.0 Å². The Balaban J connectivity index is 1.96. The number of nitrogens with zero attached hydrogens (tertiary/aromatic N) is 1. The summed E-state index contributed by atoms with van der Waals surface area (Å²) in [6.07, 6.45) is 0.805. The molecule has 7 heteroatoms. The molecule has 0 aliphatic carbocycles. The minimum atomic E-state index is -0.371. The maximum absolute atomic E-state index is 12.4. The number of aromatic hydroxyl groups is 1. The van der Waals surface area contributed by atoms with E-state index in [-0.39, 0.29) is 23.5 Å². The normalized spacial score (nSPS) is 18.8. The van der Waals surface area contributed by atoms with Crippen molar-refractivity contribution in [3.63, 3.8) is 0 Å². The Labute approximate surface area is 166 Å². The lowest BCUT2D eigenvalue weighted by molar-refractivity contribution is 0.436. The molecule has 0 bridgehead atoms. The van der Waals surface area contributed by atoms with Gasteiger partial charge in [0, 0.05) is 17.0 Å². The first-order chi connectivity index (χ1) is 12.9. The number of hydrogen-bond donors (Lipinski definition) is 3. The molecule has 5 nitrogen and oxygen atoms in total. The highest BCUT2D eigenvalue weighted by molar-refractivity contribution is 6.36. The Kier molecular flexibility index (Phi) is 4.44. The number of aryl methyl sites for hydroxylation is 1. The van der Waals surface area contributed by atoms with Gasteiger partial charge in [-0.1, -0.05) is 41.4 Å². The maximum atomic E-state index is 12.4. The third-order valence-electron chi connectivity index (χ3n) is 5.04. The summed E-state index contributed by atoms with van der Waals surface area (Å²) in [6.45, 7) is 3.75. The molecule has 1 aliphatic rings. The molecule has 0 radical (unpaired) electrons. The van der Waals surface area contributed by atoms with Crippen molar-refractivity contribution in [2.24, 2.45) is 0 Å². The molecule has 0 saturated heterocycles. The molecule has 1 aromatic heterocycles. The van der Waals surface area contributed by atoms with E-state index in [0.29, 0.717) is 21.4 Å². The highest BCUT2D eigenvalue weighted by Gasteiger charge is 2.30. The van der Waals surface area contributed by atoms with Gasteiger partial charge in [0.1, 0.15) is 0 Å². The van der Waals surface area contributed by atoms with Gasteiger partial charge >= 0.3 is 5.69 Å². The zero-order chi connectivity index (χ0) is 19.3. The molecule has 2 atom stereocenters. The molecule has 4 rings (SSSR count). The second-order valence-electron chi connectivity index (χ2n) is 6.96. The second-order valence-corrected chi connectivity index (χ2v) is 7.80. The topological polar surface area (TPSA) is 70.0 Å². The van der Waals surface area contributed by atoms with Crippen molar-refractivity contribution in [3.05, 3.63) is 73.7 Å². The number of nitrogens with one attached hydrogen (secondary N) is 2. The van der Waals surface area contributed by atoms with E-state index in [2.05, 4.69) is 17.2 Å². The van der Waals surface area contributed by atoms with E-state index in [1.807, 2.05) is 30.3 Å². The lowest BCUT2D eigenvalue weighted by Gasteiger charge is -2.33. The van der Waals surface area contributed by atoms with Gasteiger partial charge in [0.2, 0.25) is 5.88 Å². The largest absolute Gasteiger partial charge is 0.493 e. The SMILES string of the molecule is Cc1[nH]c(=O)n(-c2ccccc2C2CC(C)Nc3c(Cl)cc(Cl)cc32)c1O. The summed E-state index contributed by atoms with van der Waals surface area (Å²) < 4.78 is 1.31. The summed E-state index contributed by atoms with van der Waals surface area (Å²) in [5.41, 5.74) is 3.48. The zero-order valence-electron chi connectivity index (χ0n) is 14.9. The number of halogens is 2. The number of anilines is 1. The number of rotatable bonds is 2. The van der Waals surface area contributed by atoms with Crippen molar-refractivity contribution in [2.45, 2.75) is 32.2 Å². The van der Waals surface area contributed by atoms with Crippen molar-refractivity contribution < 1.29 is 5.11 Å². The van der Waals surface area contributed by atoms with Gasteiger partial charge in [-0.05, 0) is 49.6 Å². The fraction of sp³-hybridized carbons (Fsp3) is 0.250. The van der Waals surface area contributed by atoms with Crippen LogP contribution in [0.4, 0.5) is 5.69 Å². The summed E-state index contributed by atoms with van der Waals surface area (Å²) >= 11 is 12.7. The lowest BCUT2D eigenvalue weighted by atomic mass is 9.81. The molecule has 0 amide bonds. The monoisotopic (exact) mass is 403 g/mol. The van der Waals surface area contributed by atoms with Gasteiger partial charge in [0.05, 0.1) is 22.1 Å². The van der Waals surface area contributed by atoms with Crippen molar-refractivity contribution in [2.75, 3.05) is 5.32 Å². The van der Waals surface area contributed by atoms with Crippen LogP contribution in [0.1, 0.15) is 36.1 Å². The molecule has 2 unspecified atom stereocenters. The number of aromatic amines is 1. The smallest absolute Gasteiger partial charge is 0.333 e. The van der Waals surface area contributed by atoms with Crippen LogP contribution in [0, 0.1) is 6.92 Å². The molecule has 2 aromatic carbocycles. The van der Waals surface area contributed by atoms with Crippen molar-refractivity contribution in [1.29, 1.82) is 0 Å². The molecule has 3 N–H and O–H groups in total. The molecule has 140 valence electrons. The molecule has 2 heterocycles. The van der Waals surface area contributed by atoms with Crippen molar-refractivity contribution in [1.82, 2.24) is 9.55 Å². The fourth-order valence-corrected chi connectivity index (χ4v) is 4.41. The van der Waals surface area contributed by atoms with Crippen LogP contribution in [-0.2, 0) is 0 Å². The predicted molar refractivity (Wildman–Crippen MR) is 109 cm³/mol. The Morgan fingerprint density at radius 3 is 2.63 bits per heavy atom. The summed E-state index contributed by atoms with van der Waals surface area (Å²) in [4.78, 5) is 15.1. The van der Waals surface area contributed by atoms with Crippen molar-refractivity contribution in [3.8, 4) is 11.6 Å². The molecule has 0 saturated carbocycles. The Bertz CT molecular complexity index is 1090. The van der Waals surface area contributed by atoms with Crippen molar-refractivity contribution >= 4 is 28.9 Å². The highest BCUT2D eigenvalue weighted by atomic mass is 35.5. The number of aromatic nitrogens is 2. The summed E-state index contributed by atoms with van der Waals surface area (Å²) in [7, 11) is 0. The van der Waals surface area contributed by atoms with E-state index in [1.165, 1.54) is 4.57 Å². The van der Waals surface area contributed by atoms with Gasteiger partial charge in [-0.2, -0.15) is 0 Å². The number of benzene rings is 2. The van der Waals surface area contributed by atoms with Crippen LogP contribution in [0.2, 0.25) is 10.0 Å². The van der Waals surface area contributed by atoms with E-state index < -0.39 is 0 Å². The number of H-pyrrole nitrogens is 1. The van der Waals surface area contributed by atoms with Crippen LogP contribution in [0.15, 0.2) is 41.2 Å². The second kappa shape index (κ2) is 6.66. The van der Waals surface area contributed by atoms with E-state index in [0.717, 1.165) is 23.2 Å². The Morgan fingerprint density at radius 2 is 1.93 bits per heavy atom. The first-order valence-electron chi connectivity index (χ1n) is 8.72. The number of imidazole rings is 1. The van der Waals surface area contributed by atoms with E-state index in [4.69, 9.17) is 23.2 Å². The third-order valence-corrected chi connectivity index (χ3v) is 5.56. The summed E-state index contributed by atoms with van der Waals surface area (Å²) in [5.74, 6) is -0.107. The summed E-state index contributed by atoms with van der Waals surface area (Å²) in [6, 6.07) is 11.4. The van der Waals surface area contributed by atoms with Gasteiger partial charge in [0.15, 0.2) is 0 Å². The zero-order valence-corrected chi connectivity index (χ0v) is 16.4. The van der Waals surface area contributed by atoms with Gasteiger partial charge in [-0.3, -0.25) is 0 Å². The third kappa shape index (κ3) is 3.01. The standard InChI is InChI=1S/C20H19Cl2N3O2/c1-10-7-14(15-8-12(21)9-16(22)18(15)23-10)13-5-3-4-6-17(13)25-19(26)11(2)24-20(25)27/h3-6,8-10,14,23,26H,7H2,1-2H3,(H,24,27).